The van der Waals surface area contributed by atoms with E-state index >= 15 is 0 Å². The molecule has 5 aromatic rings. The zero-order chi connectivity index (χ0) is 22.8. The lowest BCUT2D eigenvalue weighted by atomic mass is 10.0. The molecule has 1 amide bonds. The number of para-hydroxylation sites is 1. The van der Waals surface area contributed by atoms with Crippen LogP contribution in [0.1, 0.15) is 10.4 Å². The van der Waals surface area contributed by atoms with Gasteiger partial charge in [0.15, 0.2) is 5.13 Å². The highest BCUT2D eigenvalue weighted by molar-refractivity contribution is 7.16. The highest BCUT2D eigenvalue weighted by Gasteiger charge is 2.18. The summed E-state index contributed by atoms with van der Waals surface area (Å²) in [4.78, 5) is 23.8. The molecule has 0 bridgehead atoms. The van der Waals surface area contributed by atoms with Crippen molar-refractivity contribution >= 4 is 44.6 Å². The van der Waals surface area contributed by atoms with Crippen molar-refractivity contribution in [2.75, 3.05) is 19.5 Å². The van der Waals surface area contributed by atoms with E-state index in [2.05, 4.69) is 10.3 Å². The fourth-order valence-electron chi connectivity index (χ4n) is 3.54. The molecule has 0 radical (unpaired) electrons. The molecule has 1 N–H and O–H groups in total. The Morgan fingerprint density at radius 1 is 0.909 bits per heavy atom. The molecular formula is C25H19N3O3S2. The number of thiazole rings is 1. The summed E-state index contributed by atoms with van der Waals surface area (Å²) in [6.45, 7) is 0. The van der Waals surface area contributed by atoms with Crippen LogP contribution >= 0.6 is 22.7 Å². The lowest BCUT2D eigenvalue weighted by Crippen LogP contribution is -2.13. The number of amides is 1. The minimum absolute atomic E-state index is 0.241. The Hall–Kier alpha value is -3.75. The van der Waals surface area contributed by atoms with Crippen LogP contribution in [0.3, 0.4) is 0 Å². The van der Waals surface area contributed by atoms with E-state index in [4.69, 9.17) is 14.5 Å². The van der Waals surface area contributed by atoms with Gasteiger partial charge in [-0.05, 0) is 35.7 Å². The third kappa shape index (κ3) is 4.18. The van der Waals surface area contributed by atoms with Gasteiger partial charge in [0.1, 0.15) is 11.5 Å². The molecule has 0 saturated carbocycles. The van der Waals surface area contributed by atoms with Crippen LogP contribution < -0.4 is 14.8 Å². The number of ether oxygens (including phenoxy) is 2. The summed E-state index contributed by atoms with van der Waals surface area (Å²) in [5.74, 6) is 1.05. The smallest absolute Gasteiger partial charge is 0.258 e. The molecule has 3 aromatic heterocycles. The van der Waals surface area contributed by atoms with Crippen LogP contribution in [0.25, 0.3) is 32.7 Å². The normalized spacial score (nSPS) is 10.8. The third-order valence-electron chi connectivity index (χ3n) is 5.14. The molecule has 5 rings (SSSR count). The van der Waals surface area contributed by atoms with Gasteiger partial charge >= 0.3 is 0 Å². The number of carbonyl (C=O) groups excluding carboxylic acids is 1. The number of pyridine rings is 1. The maximum absolute atomic E-state index is 13.3. The van der Waals surface area contributed by atoms with E-state index in [0.29, 0.717) is 27.9 Å². The second kappa shape index (κ2) is 9.01. The highest BCUT2D eigenvalue weighted by atomic mass is 32.1. The molecule has 3 heterocycles. The van der Waals surface area contributed by atoms with Crippen LogP contribution in [0.15, 0.2) is 71.4 Å². The van der Waals surface area contributed by atoms with Gasteiger partial charge in [-0.25, -0.2) is 9.97 Å². The fourth-order valence-corrected chi connectivity index (χ4v) is 5.01. The quantitative estimate of drug-likeness (QED) is 0.311. The van der Waals surface area contributed by atoms with Crippen LogP contribution in [-0.4, -0.2) is 30.1 Å². The maximum Gasteiger partial charge on any atom is 0.258 e. The number of nitrogens with zero attached hydrogens (tertiary/aromatic N) is 2. The second-order valence-corrected chi connectivity index (χ2v) is 8.91. The van der Waals surface area contributed by atoms with Gasteiger partial charge in [0.05, 0.1) is 41.6 Å². The van der Waals surface area contributed by atoms with Gasteiger partial charge in [-0.15, -0.1) is 22.7 Å². The Balaban J connectivity index is 1.55. The molecule has 0 fully saturated rings. The van der Waals surface area contributed by atoms with Crippen LogP contribution in [-0.2, 0) is 0 Å². The fraction of sp³-hybridized carbons (Fsp3) is 0.0800. The summed E-state index contributed by atoms with van der Waals surface area (Å²) in [7, 11) is 3.20. The molecule has 6 nitrogen and oxygen atoms in total. The first-order chi connectivity index (χ1) is 16.2. The summed E-state index contributed by atoms with van der Waals surface area (Å²) in [5, 5.41) is 8.22. The molecule has 164 valence electrons. The van der Waals surface area contributed by atoms with E-state index in [0.717, 1.165) is 27.0 Å². The Morgan fingerprint density at radius 2 is 1.79 bits per heavy atom. The molecule has 0 spiro atoms. The lowest BCUT2D eigenvalue weighted by molar-refractivity contribution is 0.102. The molecule has 0 atom stereocenters. The number of carbonyl (C=O) groups is 1. The second-order valence-electron chi connectivity index (χ2n) is 7.11. The van der Waals surface area contributed by atoms with Gasteiger partial charge in [-0.2, -0.15) is 0 Å². The number of nitrogens with one attached hydrogen (secondary N) is 1. The minimum atomic E-state index is -0.241. The molecule has 0 aliphatic rings. The molecular weight excluding hydrogens is 454 g/mol. The topological polar surface area (TPSA) is 73.3 Å². The molecule has 0 saturated heterocycles. The third-order valence-corrected chi connectivity index (χ3v) is 6.79. The monoisotopic (exact) mass is 473 g/mol. The van der Waals surface area contributed by atoms with Crippen molar-refractivity contribution in [3.63, 3.8) is 0 Å². The van der Waals surface area contributed by atoms with Crippen molar-refractivity contribution in [3.05, 3.63) is 77.0 Å². The van der Waals surface area contributed by atoms with E-state index in [9.17, 15) is 4.79 Å². The number of rotatable bonds is 6. The number of hydrogen-bond donors (Lipinski definition) is 1. The van der Waals surface area contributed by atoms with Crippen LogP contribution in [0.4, 0.5) is 5.13 Å². The Kier molecular flexibility index (Phi) is 5.77. The van der Waals surface area contributed by atoms with E-state index in [1.54, 1.807) is 37.7 Å². The summed E-state index contributed by atoms with van der Waals surface area (Å²) >= 11 is 3.02. The van der Waals surface area contributed by atoms with Crippen molar-refractivity contribution in [2.24, 2.45) is 0 Å². The predicted octanol–water partition coefficient (Wildman–Crippen LogP) is 6.36. The number of benzene rings is 2. The number of methoxy groups -OCH3 is 2. The van der Waals surface area contributed by atoms with Gasteiger partial charge in [0.2, 0.25) is 0 Å². The van der Waals surface area contributed by atoms with E-state index in [1.807, 2.05) is 59.3 Å². The van der Waals surface area contributed by atoms with Crippen molar-refractivity contribution in [1.29, 1.82) is 0 Å². The average Bonchev–Trinajstić information content (AvgIpc) is 3.55. The van der Waals surface area contributed by atoms with Crippen molar-refractivity contribution in [1.82, 2.24) is 9.97 Å². The van der Waals surface area contributed by atoms with Gasteiger partial charge in [-0.1, -0.05) is 24.3 Å². The maximum atomic E-state index is 13.3. The first-order valence-electron chi connectivity index (χ1n) is 10.1. The Bertz CT molecular complexity index is 1440. The molecule has 0 aliphatic heterocycles. The summed E-state index contributed by atoms with van der Waals surface area (Å²) in [5.41, 5.74) is 3.50. The summed E-state index contributed by atoms with van der Waals surface area (Å²) < 4.78 is 10.9. The zero-order valence-electron chi connectivity index (χ0n) is 17.9. The molecule has 0 unspecified atom stereocenters. The molecule has 8 heteroatoms. The lowest BCUT2D eigenvalue weighted by Gasteiger charge is -2.13. The van der Waals surface area contributed by atoms with Gasteiger partial charge < -0.3 is 9.47 Å². The number of anilines is 1. The molecule has 0 aliphatic carbocycles. The number of hydrogen-bond acceptors (Lipinski definition) is 7. The van der Waals surface area contributed by atoms with Gasteiger partial charge in [0.25, 0.3) is 5.91 Å². The number of thiophene rings is 1. The zero-order valence-corrected chi connectivity index (χ0v) is 19.5. The van der Waals surface area contributed by atoms with Crippen molar-refractivity contribution < 1.29 is 14.3 Å². The van der Waals surface area contributed by atoms with E-state index in [1.165, 1.54) is 11.3 Å². The number of aromatic nitrogens is 2. The van der Waals surface area contributed by atoms with Crippen LogP contribution in [0.2, 0.25) is 0 Å². The molecule has 2 aromatic carbocycles. The van der Waals surface area contributed by atoms with Crippen LogP contribution in [0, 0.1) is 0 Å². The first-order valence-corrected chi connectivity index (χ1v) is 11.8. The van der Waals surface area contributed by atoms with Crippen LogP contribution in [0.5, 0.6) is 11.5 Å². The summed E-state index contributed by atoms with van der Waals surface area (Å²) in [6.07, 6.45) is 0. The average molecular weight is 474 g/mol. The largest absolute Gasteiger partial charge is 0.497 e. The predicted molar refractivity (Wildman–Crippen MR) is 134 cm³/mol. The van der Waals surface area contributed by atoms with Crippen molar-refractivity contribution in [2.45, 2.75) is 0 Å². The highest BCUT2D eigenvalue weighted by Crippen LogP contribution is 2.35. The van der Waals surface area contributed by atoms with Gasteiger partial charge in [-0.3, -0.25) is 10.1 Å². The van der Waals surface area contributed by atoms with Gasteiger partial charge in [0, 0.05) is 22.4 Å². The summed E-state index contributed by atoms with van der Waals surface area (Å²) in [6, 6.07) is 18.9. The molecule has 33 heavy (non-hydrogen) atoms. The SMILES string of the molecule is COc1ccc(-c2cc(C(=O)Nc3nc(-c4cccs4)cs3)c3ccccc3n2)c(OC)c1. The Labute approximate surface area is 198 Å². The minimum Gasteiger partial charge on any atom is -0.497 e. The standard InChI is InChI=1S/C25H19N3O3S2/c1-30-15-9-10-17(22(12-15)31-2)20-13-18(16-6-3-4-7-19(16)26-20)24(29)28-25-27-21(14-33-25)23-8-5-11-32-23/h3-14H,1-2H3,(H,27,28,29). The van der Waals surface area contributed by atoms with Crippen molar-refractivity contribution in [3.8, 4) is 33.3 Å². The Morgan fingerprint density at radius 3 is 2.58 bits per heavy atom. The van der Waals surface area contributed by atoms with E-state index in [-0.39, 0.29) is 5.91 Å². The first kappa shape index (κ1) is 21.1. The van der Waals surface area contributed by atoms with E-state index < -0.39 is 0 Å². The number of fused-ring (bicyclic) bond motifs is 1.